The normalized spacial score (nSPS) is 15.4. The minimum absolute atomic E-state index is 0.0205. The fourth-order valence-corrected chi connectivity index (χ4v) is 3.31. The Balaban J connectivity index is 1.74. The third-order valence-corrected chi connectivity index (χ3v) is 4.77. The minimum Gasteiger partial charge on any atom is -0.328 e. The number of benzene rings is 2. The number of fused-ring (bicyclic) bond motifs is 1. The zero-order valence-corrected chi connectivity index (χ0v) is 15.8. The first-order valence-electron chi connectivity index (χ1n) is 8.93. The van der Waals surface area contributed by atoms with Crippen molar-refractivity contribution in [2.75, 3.05) is 10.6 Å². The fraction of sp³-hybridized carbons (Fsp3) is 0.150. The number of nitro groups is 1. The maximum Gasteiger partial charge on any atom is 0.269 e. The molecular weight excluding hydrogens is 372 g/mol. The molecule has 0 saturated carbocycles. The number of hydrogen-bond donors (Lipinski definition) is 2. The molecule has 0 saturated heterocycles. The lowest BCUT2D eigenvalue weighted by molar-refractivity contribution is -0.384. The van der Waals surface area contributed by atoms with E-state index >= 15 is 0 Å². The van der Waals surface area contributed by atoms with Crippen LogP contribution in [0.25, 0.3) is 0 Å². The number of aryl methyl sites for hydroxylation is 1. The molecule has 0 aliphatic carbocycles. The Bertz CT molecular complexity index is 1120. The van der Waals surface area contributed by atoms with Crippen molar-refractivity contribution in [2.24, 2.45) is 0 Å². The molecule has 146 valence electrons. The maximum absolute atomic E-state index is 13.2. The molecule has 1 aliphatic heterocycles. The van der Waals surface area contributed by atoms with Crippen molar-refractivity contribution in [3.05, 3.63) is 87.4 Å². The Morgan fingerprint density at radius 1 is 1.14 bits per heavy atom. The largest absolute Gasteiger partial charge is 0.328 e. The van der Waals surface area contributed by atoms with Crippen LogP contribution in [0, 0.1) is 17.0 Å². The Labute approximate surface area is 166 Å². The van der Waals surface area contributed by atoms with Crippen LogP contribution in [0.3, 0.4) is 0 Å². The highest BCUT2D eigenvalue weighted by atomic mass is 16.6. The highest BCUT2D eigenvalue weighted by Crippen LogP contribution is 2.35. The van der Waals surface area contributed by atoms with E-state index in [0.717, 1.165) is 5.56 Å². The molecule has 0 fully saturated rings. The zero-order valence-electron chi connectivity index (χ0n) is 15.8. The first kappa shape index (κ1) is 18.4. The summed E-state index contributed by atoms with van der Waals surface area (Å²) in [5, 5.41) is 21.3. The van der Waals surface area contributed by atoms with E-state index in [1.807, 2.05) is 31.2 Å². The molecular formula is C20H18N6O3. The van der Waals surface area contributed by atoms with Gasteiger partial charge in [0.2, 0.25) is 5.95 Å². The van der Waals surface area contributed by atoms with Crippen LogP contribution >= 0.6 is 0 Å². The number of carbonyl (C=O) groups is 1. The fourth-order valence-electron chi connectivity index (χ4n) is 3.31. The van der Waals surface area contributed by atoms with Crippen LogP contribution in [0.2, 0.25) is 0 Å². The molecule has 9 nitrogen and oxygen atoms in total. The molecule has 1 aromatic heterocycles. The van der Waals surface area contributed by atoms with E-state index in [9.17, 15) is 14.9 Å². The number of carbonyl (C=O) groups excluding carboxylic acids is 1. The van der Waals surface area contributed by atoms with Crippen molar-refractivity contribution in [1.82, 2.24) is 14.8 Å². The third-order valence-electron chi connectivity index (χ3n) is 4.77. The molecule has 29 heavy (non-hydrogen) atoms. The van der Waals surface area contributed by atoms with Crippen molar-refractivity contribution in [2.45, 2.75) is 19.9 Å². The summed E-state index contributed by atoms with van der Waals surface area (Å²) in [6.45, 7) is 3.76. The molecule has 0 spiro atoms. The standard InChI is InChI=1S/C20H18N6O3/c1-12-3-7-15(8-4-12)24-19(27)17-13(2)23-20-21-11-22-25(20)18(17)14-5-9-16(10-6-14)26(28)29/h3-11,18H,1-2H3,(H,24,27)(H,21,22,23)/t18-/m0/s1. The summed E-state index contributed by atoms with van der Waals surface area (Å²) < 4.78 is 1.60. The van der Waals surface area contributed by atoms with E-state index in [2.05, 4.69) is 20.7 Å². The van der Waals surface area contributed by atoms with E-state index in [-0.39, 0.29) is 11.6 Å². The number of non-ortho nitro benzene ring substituents is 1. The summed E-state index contributed by atoms with van der Waals surface area (Å²) in [7, 11) is 0. The van der Waals surface area contributed by atoms with E-state index in [0.29, 0.717) is 28.5 Å². The number of amides is 1. The smallest absolute Gasteiger partial charge is 0.269 e. The average Bonchev–Trinajstić information content (AvgIpc) is 3.16. The summed E-state index contributed by atoms with van der Waals surface area (Å²) in [5.41, 5.74) is 3.53. The number of rotatable bonds is 4. The lowest BCUT2D eigenvalue weighted by atomic mass is 9.95. The molecule has 1 amide bonds. The molecule has 4 rings (SSSR count). The lowest BCUT2D eigenvalue weighted by Crippen LogP contribution is -2.31. The molecule has 9 heteroatoms. The van der Waals surface area contributed by atoms with Crippen LogP contribution in [0.15, 0.2) is 66.1 Å². The SMILES string of the molecule is CC1=C(C(=O)Nc2ccc(C)cc2)[C@H](c2ccc([N+](=O)[O-])cc2)n2ncnc2N1. The quantitative estimate of drug-likeness (QED) is 0.521. The second kappa shape index (κ2) is 7.19. The second-order valence-electron chi connectivity index (χ2n) is 6.76. The molecule has 2 aromatic carbocycles. The summed E-state index contributed by atoms with van der Waals surface area (Å²) in [6, 6.07) is 13.0. The molecule has 0 radical (unpaired) electrons. The van der Waals surface area contributed by atoms with Gasteiger partial charge in [-0.1, -0.05) is 17.7 Å². The average molecular weight is 390 g/mol. The summed E-state index contributed by atoms with van der Waals surface area (Å²) in [6.07, 6.45) is 1.40. The first-order chi connectivity index (χ1) is 13.9. The van der Waals surface area contributed by atoms with Gasteiger partial charge in [-0.25, -0.2) is 4.68 Å². The van der Waals surface area contributed by atoms with E-state index in [4.69, 9.17) is 0 Å². The van der Waals surface area contributed by atoms with Gasteiger partial charge in [0.15, 0.2) is 0 Å². The lowest BCUT2D eigenvalue weighted by Gasteiger charge is -2.28. The molecule has 0 unspecified atom stereocenters. The first-order valence-corrected chi connectivity index (χ1v) is 8.93. The summed E-state index contributed by atoms with van der Waals surface area (Å²) in [4.78, 5) is 27.9. The minimum atomic E-state index is -0.569. The van der Waals surface area contributed by atoms with Gasteiger partial charge in [0.05, 0.1) is 10.5 Å². The van der Waals surface area contributed by atoms with Crippen molar-refractivity contribution in [3.63, 3.8) is 0 Å². The van der Waals surface area contributed by atoms with Crippen LogP contribution in [0.4, 0.5) is 17.3 Å². The van der Waals surface area contributed by atoms with Crippen molar-refractivity contribution in [1.29, 1.82) is 0 Å². The third kappa shape index (κ3) is 3.45. The Hall–Kier alpha value is -4.01. The van der Waals surface area contributed by atoms with Gasteiger partial charge in [-0.15, -0.1) is 0 Å². The molecule has 2 heterocycles. The van der Waals surface area contributed by atoms with Crippen molar-refractivity contribution in [3.8, 4) is 0 Å². The monoisotopic (exact) mass is 390 g/mol. The highest BCUT2D eigenvalue weighted by Gasteiger charge is 2.33. The van der Waals surface area contributed by atoms with Crippen LogP contribution in [0.5, 0.6) is 0 Å². The topological polar surface area (TPSA) is 115 Å². The van der Waals surface area contributed by atoms with Gasteiger partial charge in [-0.3, -0.25) is 14.9 Å². The molecule has 2 N–H and O–H groups in total. The van der Waals surface area contributed by atoms with Gasteiger partial charge in [0, 0.05) is 23.5 Å². The molecule has 0 bridgehead atoms. The van der Waals surface area contributed by atoms with E-state index in [1.54, 1.807) is 23.7 Å². The molecule has 3 aromatic rings. The molecule has 1 aliphatic rings. The van der Waals surface area contributed by atoms with Gasteiger partial charge in [0.25, 0.3) is 11.6 Å². The number of anilines is 2. The predicted octanol–water partition coefficient (Wildman–Crippen LogP) is 3.42. The number of nitro benzene ring substituents is 1. The highest BCUT2D eigenvalue weighted by molar-refractivity contribution is 6.06. The van der Waals surface area contributed by atoms with Crippen LogP contribution < -0.4 is 10.6 Å². The second-order valence-corrected chi connectivity index (χ2v) is 6.76. The van der Waals surface area contributed by atoms with Crippen LogP contribution in [0.1, 0.15) is 24.1 Å². The van der Waals surface area contributed by atoms with Gasteiger partial charge in [-0.2, -0.15) is 10.1 Å². The Kier molecular flexibility index (Phi) is 4.55. The number of aromatic nitrogens is 3. The zero-order chi connectivity index (χ0) is 20.5. The van der Waals surface area contributed by atoms with Gasteiger partial charge < -0.3 is 10.6 Å². The Morgan fingerprint density at radius 3 is 2.48 bits per heavy atom. The van der Waals surface area contributed by atoms with Crippen LogP contribution in [-0.2, 0) is 4.79 Å². The van der Waals surface area contributed by atoms with Gasteiger partial charge in [0.1, 0.15) is 12.4 Å². The number of allylic oxidation sites excluding steroid dienone is 1. The summed E-state index contributed by atoms with van der Waals surface area (Å²) >= 11 is 0. The van der Waals surface area contributed by atoms with E-state index < -0.39 is 11.0 Å². The maximum atomic E-state index is 13.2. The Morgan fingerprint density at radius 2 is 1.83 bits per heavy atom. The van der Waals surface area contributed by atoms with Gasteiger partial charge in [-0.05, 0) is 43.7 Å². The van der Waals surface area contributed by atoms with Crippen molar-refractivity contribution >= 4 is 23.2 Å². The van der Waals surface area contributed by atoms with E-state index in [1.165, 1.54) is 18.5 Å². The van der Waals surface area contributed by atoms with Crippen LogP contribution in [-0.4, -0.2) is 25.6 Å². The predicted molar refractivity (Wildman–Crippen MR) is 107 cm³/mol. The van der Waals surface area contributed by atoms with Crippen molar-refractivity contribution < 1.29 is 9.72 Å². The number of hydrogen-bond acceptors (Lipinski definition) is 6. The summed E-state index contributed by atoms with van der Waals surface area (Å²) in [5.74, 6) is 0.209. The molecule has 1 atom stereocenters. The number of nitrogens with zero attached hydrogens (tertiary/aromatic N) is 4. The van der Waals surface area contributed by atoms with Gasteiger partial charge >= 0.3 is 0 Å². The number of nitrogens with one attached hydrogen (secondary N) is 2.